The molecule has 0 bridgehead atoms. The first kappa shape index (κ1) is 17.7. The van der Waals surface area contributed by atoms with Crippen LogP contribution in [0.2, 0.25) is 0 Å². The Labute approximate surface area is 140 Å². The second kappa shape index (κ2) is 8.31. The molecule has 1 unspecified atom stereocenters. The Morgan fingerprint density at radius 1 is 1.17 bits per heavy atom. The zero-order chi connectivity index (χ0) is 17.5. The molecule has 1 aromatic heterocycles. The molecule has 0 saturated heterocycles. The molecule has 24 heavy (non-hydrogen) atoms. The van der Waals surface area contributed by atoms with Gasteiger partial charge in [-0.3, -0.25) is 9.59 Å². The molecule has 1 atom stereocenters. The van der Waals surface area contributed by atoms with E-state index in [2.05, 4.69) is 10.6 Å². The minimum Gasteiger partial charge on any atom is -0.466 e. The number of carbonyl (C=O) groups is 2. The van der Waals surface area contributed by atoms with Crippen molar-refractivity contribution in [2.75, 3.05) is 13.1 Å². The zero-order valence-electron chi connectivity index (χ0n) is 13.8. The van der Waals surface area contributed by atoms with Gasteiger partial charge in [0.1, 0.15) is 11.5 Å². The number of aryl methyl sites for hydroxylation is 2. The summed E-state index contributed by atoms with van der Waals surface area (Å²) in [5.74, 6) is 0.451. The fraction of sp³-hybridized carbons (Fsp3) is 0.333. The van der Waals surface area contributed by atoms with Crippen LogP contribution in [0.4, 0.5) is 0 Å². The summed E-state index contributed by atoms with van der Waals surface area (Å²) >= 11 is 0. The summed E-state index contributed by atoms with van der Waals surface area (Å²) < 4.78 is 5.28. The third kappa shape index (κ3) is 5.24. The van der Waals surface area contributed by atoms with Crippen LogP contribution in [-0.2, 0) is 11.2 Å². The molecule has 0 fully saturated rings. The van der Waals surface area contributed by atoms with Gasteiger partial charge in [-0.15, -0.1) is 0 Å². The van der Waals surface area contributed by atoms with Crippen LogP contribution in [0.15, 0.2) is 40.8 Å². The third-order valence-corrected chi connectivity index (χ3v) is 3.54. The summed E-state index contributed by atoms with van der Waals surface area (Å²) in [4.78, 5) is 23.7. The number of hydrogen-bond acceptors (Lipinski definition) is 4. The van der Waals surface area contributed by atoms with Gasteiger partial charge in [0.2, 0.25) is 5.91 Å². The van der Waals surface area contributed by atoms with Crippen LogP contribution in [0.5, 0.6) is 0 Å². The van der Waals surface area contributed by atoms with Crippen molar-refractivity contribution in [2.24, 2.45) is 0 Å². The van der Waals surface area contributed by atoms with Gasteiger partial charge in [0.25, 0.3) is 5.91 Å². The van der Waals surface area contributed by atoms with Gasteiger partial charge in [0.05, 0.1) is 18.2 Å². The third-order valence-electron chi connectivity index (χ3n) is 3.54. The smallest absolute Gasteiger partial charge is 0.255 e. The minimum absolute atomic E-state index is 0.132. The van der Waals surface area contributed by atoms with Crippen molar-refractivity contribution in [2.45, 2.75) is 26.4 Å². The van der Waals surface area contributed by atoms with E-state index < -0.39 is 6.10 Å². The molecule has 0 aliphatic heterocycles. The van der Waals surface area contributed by atoms with Gasteiger partial charge in [-0.05, 0) is 25.5 Å². The van der Waals surface area contributed by atoms with Crippen LogP contribution < -0.4 is 10.6 Å². The molecule has 2 rings (SSSR count). The molecule has 0 aliphatic carbocycles. The maximum atomic E-state index is 12.0. The van der Waals surface area contributed by atoms with Crippen molar-refractivity contribution in [1.29, 1.82) is 0 Å². The molecule has 2 aromatic rings. The molecular weight excluding hydrogens is 308 g/mol. The van der Waals surface area contributed by atoms with Crippen molar-refractivity contribution in [3.63, 3.8) is 0 Å². The van der Waals surface area contributed by atoms with E-state index in [4.69, 9.17) is 4.42 Å². The second-order valence-corrected chi connectivity index (χ2v) is 5.66. The highest BCUT2D eigenvalue weighted by atomic mass is 16.3. The van der Waals surface area contributed by atoms with Crippen LogP contribution in [0.25, 0.3) is 0 Å². The summed E-state index contributed by atoms with van der Waals surface area (Å²) in [5.41, 5.74) is 1.42. The van der Waals surface area contributed by atoms with Crippen LogP contribution in [0.3, 0.4) is 0 Å². The normalized spacial score (nSPS) is 11.8. The fourth-order valence-corrected chi connectivity index (χ4v) is 2.36. The summed E-state index contributed by atoms with van der Waals surface area (Å²) in [6.07, 6.45) is -0.216. The van der Waals surface area contributed by atoms with Crippen molar-refractivity contribution in [3.8, 4) is 0 Å². The van der Waals surface area contributed by atoms with E-state index in [0.717, 1.165) is 5.56 Å². The van der Waals surface area contributed by atoms with E-state index in [1.165, 1.54) is 0 Å². The van der Waals surface area contributed by atoms with E-state index in [1.54, 1.807) is 19.9 Å². The highest BCUT2D eigenvalue weighted by molar-refractivity contribution is 5.97. The lowest BCUT2D eigenvalue weighted by atomic mass is 10.1. The number of nitrogens with one attached hydrogen (secondary N) is 2. The average Bonchev–Trinajstić information content (AvgIpc) is 2.90. The van der Waals surface area contributed by atoms with Crippen LogP contribution in [0, 0.1) is 13.8 Å². The Morgan fingerprint density at radius 2 is 1.88 bits per heavy atom. The van der Waals surface area contributed by atoms with Gasteiger partial charge in [0.15, 0.2) is 0 Å². The van der Waals surface area contributed by atoms with Crippen molar-refractivity contribution < 1.29 is 19.1 Å². The molecule has 0 aliphatic rings. The van der Waals surface area contributed by atoms with E-state index in [1.807, 2.05) is 30.3 Å². The van der Waals surface area contributed by atoms with E-state index in [9.17, 15) is 14.7 Å². The molecule has 1 aromatic carbocycles. The topological polar surface area (TPSA) is 91.6 Å². The predicted molar refractivity (Wildman–Crippen MR) is 89.7 cm³/mol. The van der Waals surface area contributed by atoms with E-state index in [0.29, 0.717) is 23.5 Å². The maximum Gasteiger partial charge on any atom is 0.255 e. The number of aliphatic hydroxyl groups excluding tert-OH is 1. The summed E-state index contributed by atoms with van der Waals surface area (Å²) in [6.45, 7) is 3.43. The highest BCUT2D eigenvalue weighted by Crippen LogP contribution is 2.13. The lowest BCUT2D eigenvalue weighted by Gasteiger charge is -2.12. The number of rotatable bonds is 7. The van der Waals surface area contributed by atoms with Gasteiger partial charge < -0.3 is 20.2 Å². The quantitative estimate of drug-likeness (QED) is 0.714. The molecule has 2 amide bonds. The molecule has 6 nitrogen and oxygen atoms in total. The fourth-order valence-electron chi connectivity index (χ4n) is 2.36. The average molecular weight is 330 g/mol. The predicted octanol–water partition coefficient (Wildman–Crippen LogP) is 1.35. The molecule has 0 spiro atoms. The first-order chi connectivity index (χ1) is 11.5. The largest absolute Gasteiger partial charge is 0.466 e. The Kier molecular flexibility index (Phi) is 6.14. The van der Waals surface area contributed by atoms with Crippen LogP contribution >= 0.6 is 0 Å². The van der Waals surface area contributed by atoms with Gasteiger partial charge in [0, 0.05) is 13.0 Å². The number of amides is 2. The van der Waals surface area contributed by atoms with Crippen molar-refractivity contribution in [1.82, 2.24) is 10.6 Å². The number of benzene rings is 1. The lowest BCUT2D eigenvalue weighted by Crippen LogP contribution is -2.40. The number of furan rings is 1. The minimum atomic E-state index is -0.675. The molecular formula is C18H22N2O4. The molecule has 128 valence electrons. The molecule has 1 heterocycles. The van der Waals surface area contributed by atoms with Gasteiger partial charge >= 0.3 is 0 Å². The molecule has 3 N–H and O–H groups in total. The summed E-state index contributed by atoms with van der Waals surface area (Å²) in [7, 11) is 0. The molecule has 0 saturated carbocycles. The monoisotopic (exact) mass is 330 g/mol. The van der Waals surface area contributed by atoms with Crippen LogP contribution in [-0.4, -0.2) is 36.1 Å². The number of hydrogen-bond donors (Lipinski definition) is 3. The standard InChI is InChI=1S/C18H22N2O4/c1-12-8-16(13(2)24-12)18(23)20-11-17(22)19-10-15(21)9-14-6-4-3-5-7-14/h3-8,15,21H,9-11H2,1-2H3,(H,19,22)(H,20,23). The summed E-state index contributed by atoms with van der Waals surface area (Å²) in [5, 5.41) is 15.1. The van der Waals surface area contributed by atoms with E-state index >= 15 is 0 Å². The Balaban J connectivity index is 1.71. The first-order valence-corrected chi connectivity index (χ1v) is 7.79. The van der Waals surface area contributed by atoms with Crippen molar-refractivity contribution in [3.05, 3.63) is 59.0 Å². The summed E-state index contributed by atoms with van der Waals surface area (Å²) in [6, 6.07) is 11.2. The van der Waals surface area contributed by atoms with Crippen molar-refractivity contribution >= 4 is 11.8 Å². The van der Waals surface area contributed by atoms with Gasteiger partial charge in [-0.25, -0.2) is 0 Å². The molecule has 6 heteroatoms. The van der Waals surface area contributed by atoms with E-state index in [-0.39, 0.29) is 24.9 Å². The zero-order valence-corrected chi connectivity index (χ0v) is 13.8. The maximum absolute atomic E-state index is 12.0. The number of carbonyl (C=O) groups excluding carboxylic acids is 2. The SMILES string of the molecule is Cc1cc(C(=O)NCC(=O)NCC(O)Cc2ccccc2)c(C)o1. The van der Waals surface area contributed by atoms with Crippen LogP contribution in [0.1, 0.15) is 27.4 Å². The Hall–Kier alpha value is -2.60. The highest BCUT2D eigenvalue weighted by Gasteiger charge is 2.14. The van der Waals surface area contributed by atoms with Gasteiger partial charge in [-0.1, -0.05) is 30.3 Å². The second-order valence-electron chi connectivity index (χ2n) is 5.66. The lowest BCUT2D eigenvalue weighted by molar-refractivity contribution is -0.120. The Morgan fingerprint density at radius 3 is 2.50 bits per heavy atom. The van der Waals surface area contributed by atoms with Gasteiger partial charge in [-0.2, -0.15) is 0 Å². The Bertz CT molecular complexity index is 694. The number of aliphatic hydroxyl groups is 1. The molecule has 0 radical (unpaired) electrons. The first-order valence-electron chi connectivity index (χ1n) is 7.79.